The minimum Gasteiger partial charge on any atom is -0.503 e. The van der Waals surface area contributed by atoms with Gasteiger partial charge >= 0.3 is 0 Å². The lowest BCUT2D eigenvalue weighted by Crippen LogP contribution is -2.30. The molecular weight excluding hydrogens is 368 g/mol. The number of aliphatic hydroxyl groups excluding tert-OH is 1. The van der Waals surface area contributed by atoms with E-state index in [0.717, 1.165) is 11.1 Å². The van der Waals surface area contributed by atoms with E-state index >= 15 is 0 Å². The minimum absolute atomic E-state index is 0.0490. The quantitative estimate of drug-likeness (QED) is 0.651. The lowest BCUT2D eigenvalue weighted by Gasteiger charge is -2.26. The van der Waals surface area contributed by atoms with Gasteiger partial charge in [0.2, 0.25) is 0 Å². The number of furan rings is 1. The highest BCUT2D eigenvalue weighted by molar-refractivity contribution is 6.14. The van der Waals surface area contributed by atoms with Crippen LogP contribution in [0.15, 0.2) is 95.1 Å². The van der Waals surface area contributed by atoms with E-state index in [9.17, 15) is 14.7 Å². The van der Waals surface area contributed by atoms with Gasteiger partial charge in [-0.25, -0.2) is 0 Å². The van der Waals surface area contributed by atoms with Crippen LogP contribution in [0.2, 0.25) is 0 Å². The highest BCUT2D eigenvalue weighted by Gasteiger charge is 2.42. The normalized spacial score (nSPS) is 16.8. The molecule has 6 nitrogen and oxygen atoms in total. The topological polar surface area (TPSA) is 83.6 Å². The first-order chi connectivity index (χ1) is 14.1. The van der Waals surface area contributed by atoms with Gasteiger partial charge in [-0.2, -0.15) is 0 Å². The maximum atomic E-state index is 12.9. The van der Waals surface area contributed by atoms with Crippen LogP contribution in [-0.2, 0) is 16.1 Å². The second kappa shape index (κ2) is 7.98. The number of carbonyl (C=O) groups is 2. The fourth-order valence-corrected chi connectivity index (χ4v) is 3.37. The molecule has 0 aliphatic carbocycles. The molecule has 0 radical (unpaired) electrons. The summed E-state index contributed by atoms with van der Waals surface area (Å²) in [4.78, 5) is 31.3. The van der Waals surface area contributed by atoms with Crippen molar-refractivity contribution in [3.05, 3.63) is 108 Å². The Kier molecular flexibility index (Phi) is 5.07. The molecule has 4 rings (SSSR count). The third-order valence-electron chi connectivity index (χ3n) is 4.70. The Morgan fingerprint density at radius 1 is 1.14 bits per heavy atom. The summed E-state index contributed by atoms with van der Waals surface area (Å²) in [6.07, 6.45) is 7.62. The molecule has 0 spiro atoms. The highest BCUT2D eigenvalue weighted by atomic mass is 16.3. The number of hydrogen-bond donors (Lipinski definition) is 1. The average Bonchev–Trinajstić information content (AvgIpc) is 3.36. The first-order valence-corrected chi connectivity index (χ1v) is 9.09. The van der Waals surface area contributed by atoms with E-state index in [4.69, 9.17) is 4.42 Å². The fraction of sp³-hybridized carbons (Fsp3) is 0.0870. The molecular formula is C23H18N2O4. The van der Waals surface area contributed by atoms with Crippen molar-refractivity contribution in [2.24, 2.45) is 0 Å². The molecule has 1 amide bonds. The van der Waals surface area contributed by atoms with Crippen LogP contribution in [0.25, 0.3) is 6.08 Å². The Morgan fingerprint density at radius 2 is 1.97 bits per heavy atom. The Hall–Kier alpha value is -3.93. The third kappa shape index (κ3) is 3.73. The van der Waals surface area contributed by atoms with Crippen molar-refractivity contribution in [1.29, 1.82) is 0 Å². The van der Waals surface area contributed by atoms with Crippen LogP contribution in [0, 0.1) is 0 Å². The molecule has 1 unspecified atom stereocenters. The van der Waals surface area contributed by atoms with E-state index < -0.39 is 23.5 Å². The zero-order valence-electron chi connectivity index (χ0n) is 15.4. The number of rotatable bonds is 6. The Balaban J connectivity index is 1.71. The van der Waals surface area contributed by atoms with E-state index in [1.165, 1.54) is 23.3 Å². The lowest BCUT2D eigenvalue weighted by atomic mass is 9.95. The van der Waals surface area contributed by atoms with Crippen molar-refractivity contribution in [3.63, 3.8) is 0 Å². The fourth-order valence-electron chi connectivity index (χ4n) is 3.37. The predicted octanol–water partition coefficient (Wildman–Crippen LogP) is 3.85. The molecule has 1 aromatic carbocycles. The molecule has 29 heavy (non-hydrogen) atoms. The van der Waals surface area contributed by atoms with Gasteiger partial charge in [-0.15, -0.1) is 0 Å². The van der Waals surface area contributed by atoms with Crippen molar-refractivity contribution in [3.8, 4) is 0 Å². The number of ketones is 1. The van der Waals surface area contributed by atoms with E-state index in [2.05, 4.69) is 4.98 Å². The Labute approximate surface area is 167 Å². The summed E-state index contributed by atoms with van der Waals surface area (Å²) in [5, 5.41) is 10.6. The number of aliphatic hydroxyl groups is 1. The lowest BCUT2D eigenvalue weighted by molar-refractivity contribution is -0.130. The number of amides is 1. The summed E-state index contributed by atoms with van der Waals surface area (Å²) in [7, 11) is 0. The number of benzene rings is 1. The average molecular weight is 386 g/mol. The molecule has 1 aliphatic heterocycles. The molecule has 0 fully saturated rings. The van der Waals surface area contributed by atoms with Gasteiger partial charge in [0.25, 0.3) is 5.91 Å². The smallest absolute Gasteiger partial charge is 0.290 e. The van der Waals surface area contributed by atoms with Gasteiger partial charge in [0.05, 0.1) is 17.9 Å². The predicted molar refractivity (Wildman–Crippen MR) is 106 cm³/mol. The number of carbonyl (C=O) groups excluding carboxylic acids is 2. The number of aromatic nitrogens is 1. The summed E-state index contributed by atoms with van der Waals surface area (Å²) in [6, 6.07) is 15.5. The molecule has 0 saturated carbocycles. The van der Waals surface area contributed by atoms with Crippen molar-refractivity contribution >= 4 is 17.8 Å². The largest absolute Gasteiger partial charge is 0.503 e. The molecule has 0 saturated heterocycles. The van der Waals surface area contributed by atoms with Crippen LogP contribution in [0.1, 0.15) is 22.9 Å². The van der Waals surface area contributed by atoms with E-state index in [1.54, 1.807) is 30.6 Å². The number of nitrogens with zero attached hydrogens (tertiary/aromatic N) is 2. The molecule has 6 heteroatoms. The second-order valence-electron chi connectivity index (χ2n) is 6.58. The van der Waals surface area contributed by atoms with Crippen LogP contribution in [-0.4, -0.2) is 26.7 Å². The number of hydrogen-bond acceptors (Lipinski definition) is 5. The standard InChI is InChI=1S/C23H18N2O4/c26-19(11-10-18-9-5-13-29-18)20-21(17-7-2-1-3-8-17)25(23(28)22(20)27)15-16-6-4-12-24-14-16/h1-14,21,27H,15H2. The molecule has 2 aromatic heterocycles. The Morgan fingerprint density at radius 3 is 2.66 bits per heavy atom. The van der Waals surface area contributed by atoms with Crippen molar-refractivity contribution in [1.82, 2.24) is 9.88 Å². The molecule has 1 atom stereocenters. The summed E-state index contributed by atoms with van der Waals surface area (Å²) >= 11 is 0. The van der Waals surface area contributed by atoms with Crippen LogP contribution < -0.4 is 0 Å². The zero-order valence-corrected chi connectivity index (χ0v) is 15.4. The van der Waals surface area contributed by atoms with Gasteiger partial charge < -0.3 is 14.4 Å². The zero-order chi connectivity index (χ0) is 20.2. The molecule has 144 valence electrons. The van der Waals surface area contributed by atoms with Crippen molar-refractivity contribution < 1.29 is 19.1 Å². The van der Waals surface area contributed by atoms with Gasteiger partial charge in [-0.1, -0.05) is 36.4 Å². The minimum atomic E-state index is -0.697. The molecule has 1 N–H and O–H groups in total. The second-order valence-corrected chi connectivity index (χ2v) is 6.58. The molecule has 3 heterocycles. The van der Waals surface area contributed by atoms with E-state index in [1.807, 2.05) is 36.4 Å². The summed E-state index contributed by atoms with van der Waals surface area (Å²) in [5.41, 5.74) is 1.59. The van der Waals surface area contributed by atoms with Crippen LogP contribution in [0.3, 0.4) is 0 Å². The monoisotopic (exact) mass is 386 g/mol. The van der Waals surface area contributed by atoms with Crippen LogP contribution in [0.4, 0.5) is 0 Å². The third-order valence-corrected chi connectivity index (χ3v) is 4.70. The molecule has 3 aromatic rings. The first kappa shape index (κ1) is 18.4. The van der Waals surface area contributed by atoms with E-state index in [-0.39, 0.29) is 12.1 Å². The van der Waals surface area contributed by atoms with Gasteiger partial charge in [-0.3, -0.25) is 14.6 Å². The van der Waals surface area contributed by atoms with Gasteiger partial charge in [0.1, 0.15) is 5.76 Å². The van der Waals surface area contributed by atoms with Gasteiger partial charge in [0, 0.05) is 18.9 Å². The van der Waals surface area contributed by atoms with Gasteiger partial charge in [-0.05, 0) is 41.5 Å². The first-order valence-electron chi connectivity index (χ1n) is 9.09. The highest BCUT2D eigenvalue weighted by Crippen LogP contribution is 2.38. The number of pyridine rings is 1. The van der Waals surface area contributed by atoms with Crippen molar-refractivity contribution in [2.75, 3.05) is 0 Å². The molecule has 1 aliphatic rings. The molecule has 0 bridgehead atoms. The van der Waals surface area contributed by atoms with Crippen molar-refractivity contribution in [2.45, 2.75) is 12.6 Å². The van der Waals surface area contributed by atoms with Crippen LogP contribution >= 0.6 is 0 Å². The SMILES string of the molecule is O=C(C=Cc1ccco1)C1=C(O)C(=O)N(Cc2cccnc2)C1c1ccccc1. The van der Waals surface area contributed by atoms with E-state index in [0.29, 0.717) is 5.76 Å². The van der Waals surface area contributed by atoms with Gasteiger partial charge in [0.15, 0.2) is 11.5 Å². The maximum Gasteiger partial charge on any atom is 0.290 e. The maximum absolute atomic E-state index is 12.9. The summed E-state index contributed by atoms with van der Waals surface area (Å²) in [6.45, 7) is 0.217. The number of allylic oxidation sites excluding steroid dienone is 1. The summed E-state index contributed by atoms with van der Waals surface area (Å²) in [5.74, 6) is -1.06. The Bertz CT molecular complexity index is 1070. The summed E-state index contributed by atoms with van der Waals surface area (Å²) < 4.78 is 5.20. The van der Waals surface area contributed by atoms with Crippen LogP contribution in [0.5, 0.6) is 0 Å².